The first-order valence-electron chi connectivity index (χ1n) is 9.90. The highest BCUT2D eigenvalue weighted by atomic mass is 19.1. The number of nitrogens with one attached hydrogen (secondary N) is 1. The maximum Gasteiger partial charge on any atom is 0.412 e. The molecule has 0 aliphatic carbocycles. The minimum Gasteiger partial charge on any atom is -0.481 e. The van der Waals surface area contributed by atoms with Crippen LogP contribution in [0.3, 0.4) is 0 Å². The number of nitrogens with zero attached hydrogens (tertiary/aromatic N) is 5. The Labute approximate surface area is 177 Å². The predicted octanol–water partition coefficient (Wildman–Crippen LogP) is 2.08. The molecule has 10 nitrogen and oxygen atoms in total. The second kappa shape index (κ2) is 8.72. The highest BCUT2D eigenvalue weighted by Crippen LogP contribution is 2.39. The summed E-state index contributed by atoms with van der Waals surface area (Å²) in [6.45, 7) is 2.33. The molecule has 11 heteroatoms. The van der Waals surface area contributed by atoms with Gasteiger partial charge >= 0.3 is 6.09 Å². The van der Waals surface area contributed by atoms with Gasteiger partial charge in [0.15, 0.2) is 5.75 Å². The van der Waals surface area contributed by atoms with E-state index < -0.39 is 18.0 Å². The van der Waals surface area contributed by atoms with Crippen LogP contribution < -0.4 is 19.7 Å². The second-order valence-electron chi connectivity index (χ2n) is 7.29. The number of rotatable bonds is 6. The number of aliphatic hydroxyl groups is 1. The number of aromatic nitrogens is 4. The van der Waals surface area contributed by atoms with Crippen molar-refractivity contribution in [1.29, 1.82) is 0 Å². The zero-order chi connectivity index (χ0) is 22.0. The summed E-state index contributed by atoms with van der Waals surface area (Å²) in [7, 11) is 1.51. The van der Waals surface area contributed by atoms with Gasteiger partial charge in [0, 0.05) is 24.8 Å². The van der Waals surface area contributed by atoms with Crippen LogP contribution in [0, 0.1) is 5.82 Å². The quantitative estimate of drug-likeness (QED) is 0.611. The minimum atomic E-state index is -0.711. The smallest absolute Gasteiger partial charge is 0.412 e. The molecule has 0 spiro atoms. The normalized spacial score (nSPS) is 17.0. The molecule has 3 aromatic heterocycles. The molecule has 0 bridgehead atoms. The van der Waals surface area contributed by atoms with Crippen LogP contribution in [0.15, 0.2) is 30.7 Å². The Morgan fingerprint density at radius 1 is 1.45 bits per heavy atom. The summed E-state index contributed by atoms with van der Waals surface area (Å²) < 4.78 is 26.0. The summed E-state index contributed by atoms with van der Waals surface area (Å²) in [6, 6.07) is 3.08. The Kier molecular flexibility index (Phi) is 5.85. The van der Waals surface area contributed by atoms with Gasteiger partial charge in [0.1, 0.15) is 11.6 Å². The highest BCUT2D eigenvalue weighted by Gasteiger charge is 2.31. The second-order valence-corrected chi connectivity index (χ2v) is 7.29. The van der Waals surface area contributed by atoms with Gasteiger partial charge in [-0.25, -0.2) is 23.7 Å². The topological polar surface area (TPSA) is 114 Å². The van der Waals surface area contributed by atoms with E-state index in [9.17, 15) is 14.3 Å². The number of ether oxygens (including phenoxy) is 2. The molecule has 1 aliphatic rings. The fourth-order valence-electron chi connectivity index (χ4n) is 3.65. The van der Waals surface area contributed by atoms with Crippen molar-refractivity contribution in [3.05, 3.63) is 42.1 Å². The van der Waals surface area contributed by atoms with Crippen LogP contribution in [0.25, 0.3) is 5.65 Å². The lowest BCUT2D eigenvalue weighted by Gasteiger charge is -2.26. The van der Waals surface area contributed by atoms with Crippen molar-refractivity contribution in [2.45, 2.75) is 31.9 Å². The molecule has 31 heavy (non-hydrogen) atoms. The van der Waals surface area contributed by atoms with Gasteiger partial charge in [0.05, 0.1) is 31.6 Å². The number of methoxy groups -OCH3 is 1. The molecule has 4 rings (SSSR count). The van der Waals surface area contributed by atoms with Crippen LogP contribution in [-0.4, -0.2) is 57.1 Å². The number of carbonyl (C=O) groups excluding carboxylic acids is 1. The summed E-state index contributed by atoms with van der Waals surface area (Å²) in [5.41, 5.74) is 1.02. The van der Waals surface area contributed by atoms with Gasteiger partial charge in [-0.1, -0.05) is 0 Å². The lowest BCUT2D eigenvalue weighted by atomic mass is 10.1. The van der Waals surface area contributed by atoms with Gasteiger partial charge in [-0.05, 0) is 31.9 Å². The van der Waals surface area contributed by atoms with Crippen LogP contribution in [-0.2, 0) is 0 Å². The highest BCUT2D eigenvalue weighted by molar-refractivity contribution is 5.73. The fraction of sp³-hybridized carbons (Fsp3) is 0.400. The van der Waals surface area contributed by atoms with Gasteiger partial charge in [-0.3, -0.25) is 0 Å². The van der Waals surface area contributed by atoms with E-state index in [0.29, 0.717) is 29.5 Å². The Bertz CT molecular complexity index is 1090. The first-order valence-corrected chi connectivity index (χ1v) is 9.90. The summed E-state index contributed by atoms with van der Waals surface area (Å²) in [5, 5.41) is 15.9. The van der Waals surface area contributed by atoms with Crippen LogP contribution in [0.4, 0.5) is 15.0 Å². The van der Waals surface area contributed by atoms with E-state index in [1.807, 2.05) is 4.90 Å². The van der Waals surface area contributed by atoms with E-state index in [2.05, 4.69) is 20.4 Å². The molecule has 4 heterocycles. The molecule has 0 unspecified atom stereocenters. The number of aliphatic hydroxyl groups excluding tert-OH is 1. The number of halogens is 1. The monoisotopic (exact) mass is 430 g/mol. The molecule has 0 aromatic carbocycles. The number of anilines is 1. The van der Waals surface area contributed by atoms with E-state index >= 15 is 0 Å². The molecule has 1 aliphatic heterocycles. The number of pyridine rings is 1. The van der Waals surface area contributed by atoms with Gasteiger partial charge < -0.3 is 24.8 Å². The molecule has 164 valence electrons. The zero-order valence-corrected chi connectivity index (χ0v) is 17.2. The Morgan fingerprint density at radius 3 is 3.06 bits per heavy atom. The van der Waals surface area contributed by atoms with Crippen molar-refractivity contribution in [2.24, 2.45) is 0 Å². The molecular formula is C20H23FN6O4. The van der Waals surface area contributed by atoms with Crippen LogP contribution in [0.1, 0.15) is 31.4 Å². The van der Waals surface area contributed by atoms with E-state index in [1.54, 1.807) is 19.2 Å². The third-order valence-corrected chi connectivity index (χ3v) is 5.01. The number of hydrogen-bond acceptors (Lipinski definition) is 8. The third kappa shape index (κ3) is 4.36. The molecule has 1 saturated heterocycles. The summed E-state index contributed by atoms with van der Waals surface area (Å²) in [5.74, 6) is 0.769. The standard InChI is InChI=1S/C20H23FN6O4/c1-12(28)9-23-20(29)31-16-11-24-27-7-5-17(25-18(16)27)26-6-3-4-15(26)14-8-13(21)10-22-19(14)30-2/h5,7-8,10-12,15,28H,3-4,6,9H2,1-2H3,(H,23,29)/t12-,15-/m1/s1. The lowest BCUT2D eigenvalue weighted by Crippen LogP contribution is -2.32. The van der Waals surface area contributed by atoms with Crippen molar-refractivity contribution in [3.63, 3.8) is 0 Å². The third-order valence-electron chi connectivity index (χ3n) is 5.01. The van der Waals surface area contributed by atoms with Crippen molar-refractivity contribution in [2.75, 3.05) is 25.1 Å². The number of hydrogen-bond donors (Lipinski definition) is 2. The Balaban J connectivity index is 1.62. The van der Waals surface area contributed by atoms with Gasteiger partial charge in [-0.15, -0.1) is 0 Å². The first-order chi connectivity index (χ1) is 15.0. The van der Waals surface area contributed by atoms with Crippen LogP contribution in [0.2, 0.25) is 0 Å². The van der Waals surface area contributed by atoms with Crippen molar-refractivity contribution in [1.82, 2.24) is 24.9 Å². The maximum atomic E-state index is 13.9. The molecule has 1 amide bonds. The van der Waals surface area contributed by atoms with Gasteiger partial charge in [0.25, 0.3) is 0 Å². The summed E-state index contributed by atoms with van der Waals surface area (Å²) in [6.07, 6.45) is 4.52. The summed E-state index contributed by atoms with van der Waals surface area (Å²) >= 11 is 0. The minimum absolute atomic E-state index is 0.0652. The lowest BCUT2D eigenvalue weighted by molar-refractivity contribution is 0.172. The molecule has 3 aromatic rings. The SMILES string of the molecule is COc1ncc(F)cc1[C@H]1CCCN1c1ccn2ncc(OC(=O)NC[C@@H](C)O)c2n1. The van der Waals surface area contributed by atoms with Gasteiger partial charge in [0.2, 0.25) is 11.5 Å². The summed E-state index contributed by atoms with van der Waals surface area (Å²) in [4.78, 5) is 22.7. The Hall–Kier alpha value is -3.47. The van der Waals surface area contributed by atoms with E-state index in [-0.39, 0.29) is 18.3 Å². The average Bonchev–Trinajstić information content (AvgIpc) is 3.39. The number of amides is 1. The Morgan fingerprint density at radius 2 is 2.29 bits per heavy atom. The zero-order valence-electron chi connectivity index (χ0n) is 17.2. The van der Waals surface area contributed by atoms with Crippen LogP contribution >= 0.6 is 0 Å². The van der Waals surface area contributed by atoms with Crippen LogP contribution in [0.5, 0.6) is 11.6 Å². The van der Waals surface area contributed by atoms with Crippen molar-refractivity contribution in [3.8, 4) is 11.6 Å². The molecule has 1 fully saturated rings. The predicted molar refractivity (Wildman–Crippen MR) is 109 cm³/mol. The average molecular weight is 430 g/mol. The number of fused-ring (bicyclic) bond motifs is 1. The molecule has 0 saturated carbocycles. The van der Waals surface area contributed by atoms with Crippen molar-refractivity contribution >= 4 is 17.6 Å². The fourth-order valence-corrected chi connectivity index (χ4v) is 3.65. The largest absolute Gasteiger partial charge is 0.481 e. The van der Waals surface area contributed by atoms with E-state index in [4.69, 9.17) is 9.47 Å². The molecular weight excluding hydrogens is 407 g/mol. The molecule has 0 radical (unpaired) electrons. The van der Waals surface area contributed by atoms with Gasteiger partial charge in [-0.2, -0.15) is 5.10 Å². The van der Waals surface area contributed by atoms with E-state index in [0.717, 1.165) is 19.0 Å². The first kappa shape index (κ1) is 20.8. The van der Waals surface area contributed by atoms with E-state index in [1.165, 1.54) is 23.9 Å². The number of carbonyl (C=O) groups is 1. The molecule has 2 atom stereocenters. The molecule has 2 N–H and O–H groups in total. The maximum absolute atomic E-state index is 13.9. The van der Waals surface area contributed by atoms with Crippen molar-refractivity contribution < 1.29 is 23.8 Å².